The summed E-state index contributed by atoms with van der Waals surface area (Å²) in [6.45, 7) is 4.14. The van der Waals surface area contributed by atoms with Crippen molar-refractivity contribution in [2.24, 2.45) is 0 Å². The van der Waals surface area contributed by atoms with Gasteiger partial charge in [0, 0.05) is 12.2 Å². The molecule has 6 heteroatoms. The average Bonchev–Trinajstić information content (AvgIpc) is 3.16. The Morgan fingerprint density at radius 1 is 0.933 bits per heavy atom. The SMILES string of the molecule is Cc1cc(C)cc(N(CC(=O)N2CCc3ccccc32)S(=O)(=O)c2ccccc2)c1. The van der Waals surface area contributed by atoms with Crippen LogP contribution in [-0.2, 0) is 21.2 Å². The van der Waals surface area contributed by atoms with Gasteiger partial charge in [-0.2, -0.15) is 0 Å². The van der Waals surface area contributed by atoms with Gasteiger partial charge in [0.05, 0.1) is 10.6 Å². The number of rotatable bonds is 5. The van der Waals surface area contributed by atoms with Gasteiger partial charge in [0.15, 0.2) is 0 Å². The number of hydrogen-bond donors (Lipinski definition) is 0. The highest BCUT2D eigenvalue weighted by atomic mass is 32.2. The topological polar surface area (TPSA) is 57.7 Å². The molecule has 30 heavy (non-hydrogen) atoms. The van der Waals surface area contributed by atoms with Crippen molar-refractivity contribution in [2.75, 3.05) is 22.3 Å². The van der Waals surface area contributed by atoms with Crippen LogP contribution in [0.15, 0.2) is 77.7 Å². The molecule has 4 rings (SSSR count). The molecule has 1 aliphatic rings. The van der Waals surface area contributed by atoms with E-state index in [0.717, 1.165) is 28.8 Å². The van der Waals surface area contributed by atoms with Crippen LogP contribution in [0.1, 0.15) is 16.7 Å². The zero-order valence-corrected chi connectivity index (χ0v) is 17.9. The summed E-state index contributed by atoms with van der Waals surface area (Å²) in [7, 11) is -3.90. The lowest BCUT2D eigenvalue weighted by Crippen LogP contribution is -2.42. The van der Waals surface area contributed by atoms with Crippen LogP contribution in [-0.4, -0.2) is 27.4 Å². The summed E-state index contributed by atoms with van der Waals surface area (Å²) in [5.74, 6) is -0.237. The highest BCUT2D eigenvalue weighted by molar-refractivity contribution is 7.92. The van der Waals surface area contributed by atoms with E-state index in [9.17, 15) is 13.2 Å². The standard InChI is InChI=1S/C24H24N2O3S/c1-18-14-19(2)16-21(15-18)26(30(28,29)22-9-4-3-5-10-22)17-24(27)25-13-12-20-8-6-7-11-23(20)25/h3-11,14-16H,12-13,17H2,1-2H3. The van der Waals surface area contributed by atoms with Crippen molar-refractivity contribution in [1.82, 2.24) is 0 Å². The summed E-state index contributed by atoms with van der Waals surface area (Å²) >= 11 is 0. The summed E-state index contributed by atoms with van der Waals surface area (Å²) in [5.41, 5.74) is 4.35. The number of anilines is 2. The van der Waals surface area contributed by atoms with Crippen LogP contribution in [0.3, 0.4) is 0 Å². The second-order valence-corrected chi connectivity index (χ2v) is 9.46. The molecule has 0 aliphatic carbocycles. The molecular formula is C24H24N2O3S. The van der Waals surface area contributed by atoms with E-state index in [1.807, 2.05) is 44.2 Å². The minimum Gasteiger partial charge on any atom is -0.310 e. The normalized spacial score (nSPS) is 13.2. The van der Waals surface area contributed by atoms with Crippen molar-refractivity contribution in [2.45, 2.75) is 25.2 Å². The molecule has 1 aliphatic heterocycles. The molecule has 1 amide bonds. The monoisotopic (exact) mass is 420 g/mol. The maximum absolute atomic E-state index is 13.5. The van der Waals surface area contributed by atoms with Crippen LogP contribution < -0.4 is 9.21 Å². The van der Waals surface area contributed by atoms with E-state index in [-0.39, 0.29) is 17.3 Å². The molecule has 0 N–H and O–H groups in total. The van der Waals surface area contributed by atoms with Crippen molar-refractivity contribution >= 4 is 27.3 Å². The number of hydrogen-bond acceptors (Lipinski definition) is 3. The van der Waals surface area contributed by atoms with Gasteiger partial charge in [-0.1, -0.05) is 42.5 Å². The number of para-hydroxylation sites is 1. The second-order valence-electron chi connectivity index (χ2n) is 7.59. The lowest BCUT2D eigenvalue weighted by Gasteiger charge is -2.27. The number of sulfonamides is 1. The van der Waals surface area contributed by atoms with E-state index in [0.29, 0.717) is 12.2 Å². The van der Waals surface area contributed by atoms with Crippen LogP contribution in [0.2, 0.25) is 0 Å². The molecule has 0 fully saturated rings. The number of benzene rings is 3. The van der Waals surface area contributed by atoms with Crippen LogP contribution >= 0.6 is 0 Å². The molecule has 3 aromatic carbocycles. The molecule has 5 nitrogen and oxygen atoms in total. The maximum Gasteiger partial charge on any atom is 0.264 e. The third kappa shape index (κ3) is 3.83. The molecule has 0 bridgehead atoms. The molecule has 3 aromatic rings. The van der Waals surface area contributed by atoms with Gasteiger partial charge < -0.3 is 4.90 Å². The largest absolute Gasteiger partial charge is 0.310 e. The van der Waals surface area contributed by atoms with Crippen LogP contribution in [0.5, 0.6) is 0 Å². The summed E-state index contributed by atoms with van der Waals surface area (Å²) in [4.78, 5) is 15.1. The summed E-state index contributed by atoms with van der Waals surface area (Å²) < 4.78 is 28.2. The first-order valence-electron chi connectivity index (χ1n) is 9.90. The Balaban J connectivity index is 1.74. The van der Waals surface area contributed by atoms with Gasteiger partial charge in [0.2, 0.25) is 5.91 Å². The number of carbonyl (C=O) groups is 1. The molecule has 0 saturated heterocycles. The van der Waals surface area contributed by atoms with Crippen LogP contribution in [0.25, 0.3) is 0 Å². The van der Waals surface area contributed by atoms with Gasteiger partial charge >= 0.3 is 0 Å². The zero-order valence-electron chi connectivity index (χ0n) is 17.1. The minimum atomic E-state index is -3.90. The first-order chi connectivity index (χ1) is 14.4. The predicted molar refractivity (Wildman–Crippen MR) is 119 cm³/mol. The van der Waals surface area contributed by atoms with E-state index in [4.69, 9.17) is 0 Å². The molecule has 1 heterocycles. The van der Waals surface area contributed by atoms with Gasteiger partial charge in [-0.3, -0.25) is 9.10 Å². The Labute approximate surface area is 177 Å². The summed E-state index contributed by atoms with van der Waals surface area (Å²) in [6, 6.07) is 21.6. The van der Waals surface area contributed by atoms with Crippen molar-refractivity contribution in [1.29, 1.82) is 0 Å². The Morgan fingerprint density at radius 2 is 1.57 bits per heavy atom. The number of fused-ring (bicyclic) bond motifs is 1. The van der Waals surface area contributed by atoms with Crippen LogP contribution in [0, 0.1) is 13.8 Å². The highest BCUT2D eigenvalue weighted by Gasteiger charge is 2.31. The molecule has 0 atom stereocenters. The Kier molecular flexibility index (Phi) is 5.35. The van der Waals surface area contributed by atoms with Crippen LogP contribution in [0.4, 0.5) is 11.4 Å². The summed E-state index contributed by atoms with van der Waals surface area (Å²) in [6.07, 6.45) is 0.775. The van der Waals surface area contributed by atoms with Crippen molar-refractivity contribution < 1.29 is 13.2 Å². The Bertz CT molecular complexity index is 1170. The van der Waals surface area contributed by atoms with Gasteiger partial charge in [-0.25, -0.2) is 8.42 Å². The lowest BCUT2D eigenvalue weighted by molar-refractivity contribution is -0.117. The Hall–Kier alpha value is -3.12. The summed E-state index contributed by atoms with van der Waals surface area (Å²) in [5, 5.41) is 0. The van der Waals surface area contributed by atoms with Crippen molar-refractivity contribution in [3.8, 4) is 0 Å². The quantitative estimate of drug-likeness (QED) is 0.625. The molecule has 0 saturated carbocycles. The zero-order chi connectivity index (χ0) is 21.3. The third-order valence-electron chi connectivity index (χ3n) is 5.29. The average molecular weight is 421 g/mol. The van der Waals surface area contributed by atoms with E-state index in [1.54, 1.807) is 47.4 Å². The molecule has 0 radical (unpaired) electrons. The van der Waals surface area contributed by atoms with E-state index in [1.165, 1.54) is 4.31 Å². The fourth-order valence-corrected chi connectivity index (χ4v) is 5.35. The molecule has 0 aromatic heterocycles. The van der Waals surface area contributed by atoms with Gasteiger partial charge in [0.1, 0.15) is 6.54 Å². The van der Waals surface area contributed by atoms with Gasteiger partial charge in [-0.05, 0) is 67.3 Å². The number of nitrogens with zero attached hydrogens (tertiary/aromatic N) is 2. The number of aryl methyl sites for hydroxylation is 2. The number of carbonyl (C=O) groups excluding carboxylic acids is 1. The van der Waals surface area contributed by atoms with Gasteiger partial charge in [0.25, 0.3) is 10.0 Å². The van der Waals surface area contributed by atoms with Gasteiger partial charge in [-0.15, -0.1) is 0 Å². The molecular weight excluding hydrogens is 396 g/mol. The molecule has 154 valence electrons. The Morgan fingerprint density at radius 3 is 2.27 bits per heavy atom. The minimum absolute atomic E-state index is 0.166. The maximum atomic E-state index is 13.5. The van der Waals surface area contributed by atoms with Crippen molar-refractivity contribution in [3.63, 3.8) is 0 Å². The smallest absolute Gasteiger partial charge is 0.264 e. The van der Waals surface area contributed by atoms with Crippen molar-refractivity contribution in [3.05, 3.63) is 89.5 Å². The third-order valence-corrected chi connectivity index (χ3v) is 7.08. The van der Waals surface area contributed by atoms with E-state index in [2.05, 4.69) is 0 Å². The highest BCUT2D eigenvalue weighted by Crippen LogP contribution is 2.30. The van der Waals surface area contributed by atoms with E-state index >= 15 is 0 Å². The molecule has 0 spiro atoms. The second kappa shape index (κ2) is 7.95. The fraction of sp³-hybridized carbons (Fsp3) is 0.208. The lowest BCUT2D eigenvalue weighted by atomic mass is 10.1. The molecule has 0 unspecified atom stereocenters. The van der Waals surface area contributed by atoms with E-state index < -0.39 is 10.0 Å². The first kappa shape index (κ1) is 20.2. The fourth-order valence-electron chi connectivity index (χ4n) is 3.93. The number of amides is 1. The predicted octanol–water partition coefficient (Wildman–Crippen LogP) is 4.09. The first-order valence-corrected chi connectivity index (χ1v) is 11.3.